The number of rotatable bonds is 6. The molecule has 0 aliphatic rings. The van der Waals surface area contributed by atoms with E-state index in [1.54, 1.807) is 48.5 Å². The summed E-state index contributed by atoms with van der Waals surface area (Å²) >= 11 is 0. The summed E-state index contributed by atoms with van der Waals surface area (Å²) < 4.78 is 5.10. The van der Waals surface area contributed by atoms with Gasteiger partial charge in [0.05, 0.1) is 6.42 Å². The molecule has 0 aromatic heterocycles. The van der Waals surface area contributed by atoms with Crippen molar-refractivity contribution in [1.29, 1.82) is 0 Å². The Labute approximate surface area is 128 Å². The van der Waals surface area contributed by atoms with Crippen molar-refractivity contribution in [3.05, 3.63) is 65.7 Å². The molecular formula is C18H16O4. The Balaban J connectivity index is 2.00. The Kier molecular flexibility index (Phi) is 5.20. The molecule has 0 saturated heterocycles. The van der Waals surface area contributed by atoms with E-state index in [2.05, 4.69) is 0 Å². The SMILES string of the molecule is CC(=O)CCC(=O)Oc1ccc(C(=O)c2ccccc2)cc1. The largest absolute Gasteiger partial charge is 0.427 e. The van der Waals surface area contributed by atoms with Crippen LogP contribution in [0.3, 0.4) is 0 Å². The Morgan fingerprint density at radius 2 is 1.41 bits per heavy atom. The number of carbonyl (C=O) groups is 3. The number of ketones is 2. The monoisotopic (exact) mass is 296 g/mol. The van der Waals surface area contributed by atoms with Gasteiger partial charge < -0.3 is 9.53 Å². The molecule has 0 aliphatic heterocycles. The predicted molar refractivity (Wildman–Crippen MR) is 81.9 cm³/mol. The fourth-order valence-corrected chi connectivity index (χ4v) is 1.89. The second kappa shape index (κ2) is 7.31. The number of Topliss-reactive ketones (excluding diaryl/α,β-unsaturated/α-hetero) is 1. The van der Waals surface area contributed by atoms with Crippen LogP contribution in [0.5, 0.6) is 5.75 Å². The van der Waals surface area contributed by atoms with Gasteiger partial charge in [0, 0.05) is 17.5 Å². The Morgan fingerprint density at radius 1 is 0.818 bits per heavy atom. The summed E-state index contributed by atoms with van der Waals surface area (Å²) in [6.07, 6.45) is 0.226. The van der Waals surface area contributed by atoms with E-state index in [1.807, 2.05) is 6.07 Å². The Morgan fingerprint density at radius 3 is 2.00 bits per heavy atom. The van der Waals surface area contributed by atoms with Crippen molar-refractivity contribution in [3.8, 4) is 5.75 Å². The lowest BCUT2D eigenvalue weighted by atomic mass is 10.0. The summed E-state index contributed by atoms with van der Waals surface area (Å²) in [5.74, 6) is -0.244. The van der Waals surface area contributed by atoms with Crippen LogP contribution in [-0.4, -0.2) is 17.5 Å². The Bertz CT molecular complexity index is 672. The number of benzene rings is 2. The lowest BCUT2D eigenvalue weighted by Gasteiger charge is -2.05. The van der Waals surface area contributed by atoms with E-state index in [0.29, 0.717) is 16.9 Å². The maximum absolute atomic E-state index is 12.2. The van der Waals surface area contributed by atoms with Crippen LogP contribution >= 0.6 is 0 Å². The highest BCUT2D eigenvalue weighted by atomic mass is 16.5. The third-order valence-electron chi connectivity index (χ3n) is 3.07. The van der Waals surface area contributed by atoms with Crippen LogP contribution in [0.2, 0.25) is 0 Å². The molecule has 0 aliphatic carbocycles. The van der Waals surface area contributed by atoms with Crippen LogP contribution < -0.4 is 4.74 Å². The van der Waals surface area contributed by atoms with Crippen molar-refractivity contribution >= 4 is 17.5 Å². The molecule has 0 fully saturated rings. The Hall–Kier alpha value is -2.75. The van der Waals surface area contributed by atoms with Crippen LogP contribution in [-0.2, 0) is 9.59 Å². The molecule has 0 bridgehead atoms. The molecule has 4 heteroatoms. The van der Waals surface area contributed by atoms with Gasteiger partial charge in [-0.1, -0.05) is 30.3 Å². The minimum atomic E-state index is -0.461. The molecule has 0 heterocycles. The van der Waals surface area contributed by atoms with Gasteiger partial charge in [-0.3, -0.25) is 9.59 Å². The van der Waals surface area contributed by atoms with Crippen molar-refractivity contribution in [2.45, 2.75) is 19.8 Å². The van der Waals surface area contributed by atoms with Gasteiger partial charge >= 0.3 is 5.97 Å². The minimum absolute atomic E-state index is 0.0549. The average Bonchev–Trinajstić information content (AvgIpc) is 2.54. The van der Waals surface area contributed by atoms with Crippen LogP contribution in [0.25, 0.3) is 0 Å². The fourth-order valence-electron chi connectivity index (χ4n) is 1.89. The van der Waals surface area contributed by atoms with Crippen LogP contribution in [0.1, 0.15) is 35.7 Å². The van der Waals surface area contributed by atoms with E-state index < -0.39 is 5.97 Å². The second-order valence-corrected chi connectivity index (χ2v) is 4.90. The molecule has 2 rings (SSSR count). The van der Waals surface area contributed by atoms with Gasteiger partial charge in [-0.2, -0.15) is 0 Å². The quantitative estimate of drug-likeness (QED) is 0.466. The smallest absolute Gasteiger partial charge is 0.311 e. The molecule has 0 atom stereocenters. The summed E-state index contributed by atoms with van der Waals surface area (Å²) in [5, 5.41) is 0. The fraction of sp³-hybridized carbons (Fsp3) is 0.167. The number of carbonyl (C=O) groups excluding carboxylic acids is 3. The topological polar surface area (TPSA) is 60.4 Å². The lowest BCUT2D eigenvalue weighted by molar-refractivity contribution is -0.135. The highest BCUT2D eigenvalue weighted by Crippen LogP contribution is 2.16. The molecule has 2 aromatic carbocycles. The molecule has 0 N–H and O–H groups in total. The summed E-state index contributed by atoms with van der Waals surface area (Å²) in [5.41, 5.74) is 1.13. The van der Waals surface area contributed by atoms with E-state index in [-0.39, 0.29) is 24.4 Å². The van der Waals surface area contributed by atoms with Crippen molar-refractivity contribution in [2.75, 3.05) is 0 Å². The number of hydrogen-bond donors (Lipinski definition) is 0. The van der Waals surface area contributed by atoms with Crippen LogP contribution in [0.15, 0.2) is 54.6 Å². The highest BCUT2D eigenvalue weighted by Gasteiger charge is 2.10. The van der Waals surface area contributed by atoms with E-state index in [4.69, 9.17) is 4.74 Å². The van der Waals surface area contributed by atoms with Gasteiger partial charge in [-0.05, 0) is 31.2 Å². The molecule has 0 saturated carbocycles. The van der Waals surface area contributed by atoms with Gasteiger partial charge in [0.25, 0.3) is 0 Å². The van der Waals surface area contributed by atoms with E-state index in [0.717, 1.165) is 0 Å². The number of esters is 1. The first-order valence-corrected chi connectivity index (χ1v) is 6.96. The second-order valence-electron chi connectivity index (χ2n) is 4.90. The van der Waals surface area contributed by atoms with Crippen molar-refractivity contribution in [3.63, 3.8) is 0 Å². The third-order valence-corrected chi connectivity index (χ3v) is 3.07. The highest BCUT2D eigenvalue weighted by molar-refractivity contribution is 6.09. The van der Waals surface area contributed by atoms with Crippen molar-refractivity contribution < 1.29 is 19.1 Å². The van der Waals surface area contributed by atoms with Gasteiger partial charge in [0.2, 0.25) is 0 Å². The molecule has 2 aromatic rings. The van der Waals surface area contributed by atoms with Crippen molar-refractivity contribution in [2.24, 2.45) is 0 Å². The first-order valence-electron chi connectivity index (χ1n) is 6.96. The van der Waals surface area contributed by atoms with Crippen LogP contribution in [0.4, 0.5) is 0 Å². The van der Waals surface area contributed by atoms with Crippen molar-refractivity contribution in [1.82, 2.24) is 0 Å². The summed E-state index contributed by atoms with van der Waals surface area (Å²) in [4.78, 5) is 34.5. The maximum atomic E-state index is 12.2. The summed E-state index contributed by atoms with van der Waals surface area (Å²) in [6, 6.07) is 15.3. The average molecular weight is 296 g/mol. The molecule has 22 heavy (non-hydrogen) atoms. The summed E-state index contributed by atoms with van der Waals surface area (Å²) in [7, 11) is 0. The zero-order chi connectivity index (χ0) is 15.9. The first-order chi connectivity index (χ1) is 10.6. The molecule has 0 radical (unpaired) electrons. The van der Waals surface area contributed by atoms with Gasteiger partial charge in [-0.15, -0.1) is 0 Å². The van der Waals surface area contributed by atoms with Gasteiger partial charge in [-0.25, -0.2) is 0 Å². The zero-order valence-corrected chi connectivity index (χ0v) is 12.2. The zero-order valence-electron chi connectivity index (χ0n) is 12.2. The first kappa shape index (κ1) is 15.6. The maximum Gasteiger partial charge on any atom is 0.311 e. The normalized spacial score (nSPS) is 10.0. The third kappa shape index (κ3) is 4.38. The minimum Gasteiger partial charge on any atom is -0.427 e. The van der Waals surface area contributed by atoms with Crippen LogP contribution in [0, 0.1) is 0 Å². The van der Waals surface area contributed by atoms with Gasteiger partial charge in [0.15, 0.2) is 5.78 Å². The summed E-state index contributed by atoms with van der Waals surface area (Å²) in [6.45, 7) is 1.43. The number of hydrogen-bond acceptors (Lipinski definition) is 4. The van der Waals surface area contributed by atoms with E-state index in [9.17, 15) is 14.4 Å². The number of ether oxygens (including phenoxy) is 1. The molecule has 112 valence electrons. The molecular weight excluding hydrogens is 280 g/mol. The van der Waals surface area contributed by atoms with E-state index >= 15 is 0 Å². The molecule has 0 amide bonds. The van der Waals surface area contributed by atoms with Gasteiger partial charge in [0.1, 0.15) is 11.5 Å². The standard InChI is InChI=1S/C18H16O4/c1-13(19)7-12-17(20)22-16-10-8-15(9-11-16)18(21)14-5-3-2-4-6-14/h2-6,8-11H,7,12H2,1H3. The lowest BCUT2D eigenvalue weighted by Crippen LogP contribution is -2.09. The molecule has 4 nitrogen and oxygen atoms in total. The van der Waals surface area contributed by atoms with E-state index in [1.165, 1.54) is 6.92 Å². The molecule has 0 spiro atoms. The predicted octanol–water partition coefficient (Wildman–Crippen LogP) is 3.19. The molecule has 0 unspecified atom stereocenters.